The fraction of sp³-hybridized carbons (Fsp3) is 0.438. The second kappa shape index (κ2) is 5.94. The maximum atomic E-state index is 5.19. The molecule has 1 aromatic heterocycles. The summed E-state index contributed by atoms with van der Waals surface area (Å²) in [6, 6.07) is 9.10. The average molecular weight is 288 g/mol. The molecule has 1 saturated carbocycles. The summed E-state index contributed by atoms with van der Waals surface area (Å²) in [5.41, 5.74) is 1.42. The van der Waals surface area contributed by atoms with Crippen LogP contribution in [0.1, 0.15) is 34.2 Å². The summed E-state index contributed by atoms with van der Waals surface area (Å²) in [4.78, 5) is 5.67. The molecule has 1 fully saturated rings. The molecule has 1 N–H and O–H groups in total. The Morgan fingerprint density at radius 2 is 2.05 bits per heavy atom. The van der Waals surface area contributed by atoms with Crippen molar-refractivity contribution in [3.8, 4) is 5.75 Å². The standard InChI is InChI=1S/C16H20N2OS/c1-11-9-18-16(20-11)10-17-14-7-13(8-14)12-3-5-15(19-2)6-4-12/h3-6,9,13-14,17H,7-8,10H2,1-2H3. The van der Waals surface area contributed by atoms with Gasteiger partial charge in [-0.05, 0) is 43.4 Å². The van der Waals surface area contributed by atoms with Gasteiger partial charge in [-0.15, -0.1) is 11.3 Å². The third-order valence-electron chi connectivity index (χ3n) is 3.94. The Balaban J connectivity index is 1.46. The first kappa shape index (κ1) is 13.6. The first-order chi connectivity index (χ1) is 9.74. The molecule has 0 radical (unpaired) electrons. The molecule has 0 aliphatic heterocycles. The van der Waals surface area contributed by atoms with Crippen molar-refractivity contribution in [1.82, 2.24) is 10.3 Å². The van der Waals surface area contributed by atoms with Crippen LogP contribution in [-0.2, 0) is 6.54 Å². The summed E-state index contributed by atoms with van der Waals surface area (Å²) in [6.07, 6.45) is 4.38. The van der Waals surface area contributed by atoms with Crippen LogP contribution in [0.25, 0.3) is 0 Å². The lowest BCUT2D eigenvalue weighted by Gasteiger charge is -2.36. The maximum Gasteiger partial charge on any atom is 0.118 e. The van der Waals surface area contributed by atoms with E-state index in [0.717, 1.165) is 12.3 Å². The highest BCUT2D eigenvalue weighted by molar-refractivity contribution is 7.11. The number of nitrogens with one attached hydrogen (secondary N) is 1. The van der Waals surface area contributed by atoms with Gasteiger partial charge in [-0.25, -0.2) is 4.98 Å². The molecule has 3 nitrogen and oxygen atoms in total. The van der Waals surface area contributed by atoms with Gasteiger partial charge in [0, 0.05) is 23.7 Å². The molecule has 0 saturated heterocycles. The summed E-state index contributed by atoms with van der Waals surface area (Å²) >= 11 is 1.78. The molecule has 20 heavy (non-hydrogen) atoms. The number of ether oxygens (including phenoxy) is 1. The largest absolute Gasteiger partial charge is 0.497 e. The topological polar surface area (TPSA) is 34.1 Å². The van der Waals surface area contributed by atoms with Gasteiger partial charge < -0.3 is 10.1 Å². The summed E-state index contributed by atoms with van der Waals surface area (Å²) in [5, 5.41) is 4.78. The van der Waals surface area contributed by atoms with Gasteiger partial charge >= 0.3 is 0 Å². The predicted octanol–water partition coefficient (Wildman–Crippen LogP) is 3.50. The Labute approximate surface area is 124 Å². The normalized spacial score (nSPS) is 21.5. The van der Waals surface area contributed by atoms with E-state index < -0.39 is 0 Å². The van der Waals surface area contributed by atoms with Crippen molar-refractivity contribution in [3.63, 3.8) is 0 Å². The number of rotatable bonds is 5. The van der Waals surface area contributed by atoms with E-state index in [1.165, 1.54) is 28.3 Å². The van der Waals surface area contributed by atoms with E-state index in [0.29, 0.717) is 12.0 Å². The van der Waals surface area contributed by atoms with E-state index >= 15 is 0 Å². The number of methoxy groups -OCH3 is 1. The van der Waals surface area contributed by atoms with Gasteiger partial charge in [0.25, 0.3) is 0 Å². The fourth-order valence-electron chi connectivity index (χ4n) is 2.65. The van der Waals surface area contributed by atoms with E-state index in [1.54, 1.807) is 18.4 Å². The number of hydrogen-bond acceptors (Lipinski definition) is 4. The molecule has 2 aromatic rings. The molecule has 3 rings (SSSR count). The molecule has 0 unspecified atom stereocenters. The minimum atomic E-state index is 0.631. The molecule has 1 aliphatic rings. The maximum absolute atomic E-state index is 5.19. The van der Waals surface area contributed by atoms with Crippen molar-refractivity contribution in [2.24, 2.45) is 0 Å². The number of hydrogen-bond donors (Lipinski definition) is 1. The quantitative estimate of drug-likeness (QED) is 0.914. The van der Waals surface area contributed by atoms with E-state index in [9.17, 15) is 0 Å². The minimum absolute atomic E-state index is 0.631. The van der Waals surface area contributed by atoms with Gasteiger partial charge in [0.05, 0.1) is 7.11 Å². The number of nitrogens with zero attached hydrogens (tertiary/aromatic N) is 1. The number of aryl methyl sites for hydroxylation is 1. The van der Waals surface area contributed by atoms with Crippen LogP contribution in [0.5, 0.6) is 5.75 Å². The van der Waals surface area contributed by atoms with Gasteiger partial charge in [0.15, 0.2) is 0 Å². The van der Waals surface area contributed by atoms with Crippen molar-refractivity contribution in [1.29, 1.82) is 0 Å². The van der Waals surface area contributed by atoms with Crippen molar-refractivity contribution >= 4 is 11.3 Å². The Morgan fingerprint density at radius 3 is 2.65 bits per heavy atom. The number of benzene rings is 1. The van der Waals surface area contributed by atoms with Gasteiger partial charge in [0.1, 0.15) is 10.8 Å². The fourth-order valence-corrected chi connectivity index (χ4v) is 3.39. The van der Waals surface area contributed by atoms with Gasteiger partial charge in [-0.2, -0.15) is 0 Å². The van der Waals surface area contributed by atoms with Crippen LogP contribution in [0.3, 0.4) is 0 Å². The van der Waals surface area contributed by atoms with E-state index in [-0.39, 0.29) is 0 Å². The number of aromatic nitrogens is 1. The van der Waals surface area contributed by atoms with Crippen molar-refractivity contribution in [2.45, 2.75) is 38.3 Å². The van der Waals surface area contributed by atoms with Gasteiger partial charge in [0.2, 0.25) is 0 Å². The van der Waals surface area contributed by atoms with Crippen LogP contribution in [0.4, 0.5) is 0 Å². The minimum Gasteiger partial charge on any atom is -0.497 e. The lowest BCUT2D eigenvalue weighted by molar-refractivity contribution is 0.289. The second-order valence-electron chi connectivity index (χ2n) is 5.38. The summed E-state index contributed by atoms with van der Waals surface area (Å²) in [6.45, 7) is 3.00. The molecule has 1 aliphatic carbocycles. The molecular formula is C16H20N2OS. The highest BCUT2D eigenvalue weighted by atomic mass is 32.1. The highest BCUT2D eigenvalue weighted by Gasteiger charge is 2.29. The predicted molar refractivity (Wildman–Crippen MR) is 82.4 cm³/mol. The Bertz CT molecular complexity index is 558. The summed E-state index contributed by atoms with van der Waals surface area (Å²) in [5.74, 6) is 1.62. The van der Waals surface area contributed by atoms with Crippen LogP contribution in [-0.4, -0.2) is 18.1 Å². The molecule has 106 valence electrons. The Kier molecular flexibility index (Phi) is 4.03. The van der Waals surface area contributed by atoms with Crippen LogP contribution >= 0.6 is 11.3 Å². The third-order valence-corrected chi connectivity index (χ3v) is 4.85. The van der Waals surface area contributed by atoms with Gasteiger partial charge in [-0.3, -0.25) is 0 Å². The Morgan fingerprint density at radius 1 is 1.30 bits per heavy atom. The zero-order chi connectivity index (χ0) is 13.9. The highest BCUT2D eigenvalue weighted by Crippen LogP contribution is 2.37. The molecule has 4 heteroatoms. The first-order valence-corrected chi connectivity index (χ1v) is 7.85. The molecule has 1 heterocycles. The molecule has 0 atom stereocenters. The molecule has 0 amide bonds. The van der Waals surface area contributed by atoms with Crippen molar-refractivity contribution in [2.75, 3.05) is 7.11 Å². The van der Waals surface area contributed by atoms with E-state index in [4.69, 9.17) is 4.74 Å². The van der Waals surface area contributed by atoms with Crippen molar-refractivity contribution in [3.05, 3.63) is 45.9 Å². The van der Waals surface area contributed by atoms with Crippen molar-refractivity contribution < 1.29 is 4.74 Å². The lowest BCUT2D eigenvalue weighted by atomic mass is 9.76. The molecule has 0 bridgehead atoms. The van der Waals surface area contributed by atoms with Crippen LogP contribution in [0.15, 0.2) is 30.5 Å². The molecule has 0 spiro atoms. The monoisotopic (exact) mass is 288 g/mol. The number of thiazole rings is 1. The van der Waals surface area contributed by atoms with Crippen LogP contribution in [0.2, 0.25) is 0 Å². The Hall–Kier alpha value is -1.39. The zero-order valence-corrected chi connectivity index (χ0v) is 12.7. The summed E-state index contributed by atoms with van der Waals surface area (Å²) in [7, 11) is 1.71. The molecular weight excluding hydrogens is 268 g/mol. The summed E-state index contributed by atoms with van der Waals surface area (Å²) < 4.78 is 5.19. The molecule has 1 aromatic carbocycles. The van der Waals surface area contributed by atoms with E-state index in [1.807, 2.05) is 6.20 Å². The second-order valence-corrected chi connectivity index (χ2v) is 6.70. The van der Waals surface area contributed by atoms with Gasteiger partial charge in [-0.1, -0.05) is 12.1 Å². The third kappa shape index (κ3) is 3.02. The van der Waals surface area contributed by atoms with Crippen LogP contribution < -0.4 is 10.1 Å². The SMILES string of the molecule is COc1ccc(C2CC(NCc3ncc(C)s3)C2)cc1. The average Bonchev–Trinajstić information content (AvgIpc) is 2.83. The van der Waals surface area contributed by atoms with E-state index in [2.05, 4.69) is 41.5 Å². The zero-order valence-electron chi connectivity index (χ0n) is 11.9. The van der Waals surface area contributed by atoms with Crippen LogP contribution in [0, 0.1) is 6.92 Å². The lowest BCUT2D eigenvalue weighted by Crippen LogP contribution is -2.39. The smallest absolute Gasteiger partial charge is 0.118 e. The first-order valence-electron chi connectivity index (χ1n) is 7.03.